The summed E-state index contributed by atoms with van der Waals surface area (Å²) in [6, 6.07) is 8.19. The summed E-state index contributed by atoms with van der Waals surface area (Å²) in [4.78, 5) is 15.9. The van der Waals surface area contributed by atoms with Gasteiger partial charge in [0.2, 0.25) is 0 Å². The van der Waals surface area contributed by atoms with Gasteiger partial charge in [0, 0.05) is 24.7 Å². The minimum atomic E-state index is 0.172. The summed E-state index contributed by atoms with van der Waals surface area (Å²) in [5.74, 6) is 1.06. The van der Waals surface area contributed by atoms with Crippen molar-refractivity contribution in [2.45, 2.75) is 32.7 Å². The highest BCUT2D eigenvalue weighted by molar-refractivity contribution is 5.76. The number of carbonyl (C=O) groups excluding carboxylic acids is 1. The third-order valence-electron chi connectivity index (χ3n) is 4.76. The molecule has 6 heteroatoms. The quantitative estimate of drug-likeness (QED) is 0.533. The smallest absolute Gasteiger partial charge is 0.275 e. The second-order valence-electron chi connectivity index (χ2n) is 8.18. The summed E-state index contributed by atoms with van der Waals surface area (Å²) in [5, 5.41) is 5.39. The topological polar surface area (TPSA) is 62.6 Å². The fraction of sp³-hybridized carbons (Fsp3) is 0.650. The lowest BCUT2D eigenvalue weighted by Gasteiger charge is -2.33. The molecule has 0 aliphatic carbocycles. The first-order valence-electron chi connectivity index (χ1n) is 9.71. The number of rotatable bonds is 8. The molecule has 1 aliphatic rings. The predicted octanol–water partition coefficient (Wildman–Crippen LogP) is -0.732. The van der Waals surface area contributed by atoms with Gasteiger partial charge >= 0.3 is 0 Å². The number of anilines is 1. The molecular formula is C20H36N4O2+2. The fourth-order valence-corrected chi connectivity index (χ4v) is 3.22. The van der Waals surface area contributed by atoms with Crippen LogP contribution in [0.25, 0.3) is 0 Å². The Balaban J connectivity index is 1.64. The van der Waals surface area contributed by atoms with Gasteiger partial charge in [-0.3, -0.25) is 4.79 Å². The van der Waals surface area contributed by atoms with Gasteiger partial charge in [0.05, 0.1) is 45.4 Å². The van der Waals surface area contributed by atoms with Crippen molar-refractivity contribution in [1.29, 1.82) is 0 Å². The molecule has 0 unspecified atom stereocenters. The van der Waals surface area contributed by atoms with Gasteiger partial charge in [0.25, 0.3) is 5.91 Å². The molecule has 1 aromatic rings. The maximum absolute atomic E-state index is 12.1. The number of carbonyl (C=O) groups is 1. The predicted molar refractivity (Wildman–Crippen MR) is 105 cm³/mol. The van der Waals surface area contributed by atoms with Gasteiger partial charge in [-0.25, -0.2) is 0 Å². The van der Waals surface area contributed by atoms with Gasteiger partial charge in [-0.05, 0) is 32.9 Å². The highest BCUT2D eigenvalue weighted by Crippen LogP contribution is 2.20. The molecule has 26 heavy (non-hydrogen) atoms. The normalized spacial score (nSPS) is 15.8. The molecule has 146 valence electrons. The molecule has 1 aliphatic heterocycles. The van der Waals surface area contributed by atoms with E-state index in [1.165, 1.54) is 10.6 Å². The number of nitrogens with one attached hydrogen (secondary N) is 2. The van der Waals surface area contributed by atoms with Crippen LogP contribution in [0.2, 0.25) is 0 Å². The Morgan fingerprint density at radius 1 is 1.31 bits per heavy atom. The number of piperazine rings is 1. The number of nitrogens with two attached hydrogens (primary N) is 1. The molecule has 0 bridgehead atoms. The number of hydrogen-bond acceptors (Lipinski definition) is 3. The summed E-state index contributed by atoms with van der Waals surface area (Å²) in [6.07, 6.45) is 1.02. The van der Waals surface area contributed by atoms with Crippen LogP contribution in [0, 0.1) is 0 Å². The van der Waals surface area contributed by atoms with Crippen molar-refractivity contribution >= 4 is 11.6 Å². The van der Waals surface area contributed by atoms with Crippen molar-refractivity contribution in [1.82, 2.24) is 5.32 Å². The SMILES string of the molecule is COc1cccc(N2CC[NH+](CC(=O)NCCC[NH2+]C(C)(C)C)CC2)c1. The van der Waals surface area contributed by atoms with E-state index in [0.29, 0.717) is 6.54 Å². The van der Waals surface area contributed by atoms with E-state index in [2.05, 4.69) is 48.4 Å². The first-order valence-corrected chi connectivity index (χ1v) is 9.71. The van der Waals surface area contributed by atoms with Gasteiger partial charge in [0.15, 0.2) is 6.54 Å². The van der Waals surface area contributed by atoms with E-state index >= 15 is 0 Å². The Morgan fingerprint density at radius 2 is 2.04 bits per heavy atom. The third-order valence-corrected chi connectivity index (χ3v) is 4.76. The summed E-state index contributed by atoms with van der Waals surface area (Å²) < 4.78 is 5.31. The molecule has 1 heterocycles. The van der Waals surface area contributed by atoms with E-state index in [1.54, 1.807) is 7.11 Å². The summed E-state index contributed by atoms with van der Waals surface area (Å²) >= 11 is 0. The minimum Gasteiger partial charge on any atom is -0.497 e. The number of amides is 1. The van der Waals surface area contributed by atoms with Crippen molar-refractivity contribution in [3.63, 3.8) is 0 Å². The lowest BCUT2D eigenvalue weighted by Crippen LogP contribution is -3.16. The molecule has 1 aromatic carbocycles. The minimum absolute atomic E-state index is 0.172. The molecule has 0 aromatic heterocycles. The van der Waals surface area contributed by atoms with E-state index < -0.39 is 0 Å². The Morgan fingerprint density at radius 3 is 2.69 bits per heavy atom. The van der Waals surface area contributed by atoms with Gasteiger partial charge in [0.1, 0.15) is 5.75 Å². The van der Waals surface area contributed by atoms with Gasteiger partial charge in [-0.1, -0.05) is 6.07 Å². The van der Waals surface area contributed by atoms with E-state index in [-0.39, 0.29) is 11.4 Å². The van der Waals surface area contributed by atoms with Crippen LogP contribution in [0.15, 0.2) is 24.3 Å². The monoisotopic (exact) mass is 364 g/mol. The zero-order chi connectivity index (χ0) is 19.0. The van der Waals surface area contributed by atoms with Crippen LogP contribution in [0.1, 0.15) is 27.2 Å². The lowest BCUT2D eigenvalue weighted by molar-refractivity contribution is -0.892. The maximum Gasteiger partial charge on any atom is 0.275 e. The molecule has 4 N–H and O–H groups in total. The summed E-state index contributed by atoms with van der Waals surface area (Å²) in [7, 11) is 1.70. The molecule has 0 radical (unpaired) electrons. The number of ether oxygens (including phenoxy) is 1. The number of benzene rings is 1. The second kappa shape index (κ2) is 9.78. The van der Waals surface area contributed by atoms with E-state index in [9.17, 15) is 4.79 Å². The van der Waals surface area contributed by atoms with Crippen molar-refractivity contribution in [3.8, 4) is 5.75 Å². The van der Waals surface area contributed by atoms with Crippen LogP contribution in [0.3, 0.4) is 0 Å². The number of hydrogen-bond donors (Lipinski definition) is 3. The molecule has 0 saturated carbocycles. The first kappa shape index (κ1) is 20.5. The van der Waals surface area contributed by atoms with Crippen LogP contribution >= 0.6 is 0 Å². The van der Waals surface area contributed by atoms with Crippen molar-refractivity contribution in [2.75, 3.05) is 57.8 Å². The highest BCUT2D eigenvalue weighted by Gasteiger charge is 2.22. The van der Waals surface area contributed by atoms with Gasteiger partial charge in [-0.15, -0.1) is 0 Å². The molecule has 0 atom stereocenters. The average Bonchev–Trinajstić information content (AvgIpc) is 2.61. The van der Waals surface area contributed by atoms with Crippen LogP contribution in [0.4, 0.5) is 5.69 Å². The molecule has 0 spiro atoms. The van der Waals surface area contributed by atoms with E-state index in [4.69, 9.17) is 4.74 Å². The summed E-state index contributed by atoms with van der Waals surface area (Å²) in [5.41, 5.74) is 1.46. The third kappa shape index (κ3) is 7.22. The van der Waals surface area contributed by atoms with Gasteiger partial charge < -0.3 is 25.2 Å². The van der Waals surface area contributed by atoms with Crippen LogP contribution in [0.5, 0.6) is 5.75 Å². The second-order valence-corrected chi connectivity index (χ2v) is 8.18. The molecule has 1 fully saturated rings. The maximum atomic E-state index is 12.1. The first-order chi connectivity index (χ1) is 12.4. The molecule has 6 nitrogen and oxygen atoms in total. The van der Waals surface area contributed by atoms with Gasteiger partial charge in [-0.2, -0.15) is 0 Å². The fourth-order valence-electron chi connectivity index (χ4n) is 3.22. The zero-order valence-electron chi connectivity index (χ0n) is 16.8. The van der Waals surface area contributed by atoms with Crippen LogP contribution < -0.4 is 25.2 Å². The Kier molecular flexibility index (Phi) is 7.72. The largest absolute Gasteiger partial charge is 0.497 e. The van der Waals surface area contributed by atoms with Crippen molar-refractivity contribution < 1.29 is 19.7 Å². The Bertz CT molecular complexity index is 563. The van der Waals surface area contributed by atoms with Crippen molar-refractivity contribution in [3.05, 3.63) is 24.3 Å². The van der Waals surface area contributed by atoms with Crippen molar-refractivity contribution in [2.24, 2.45) is 0 Å². The molecule has 1 saturated heterocycles. The van der Waals surface area contributed by atoms with Crippen LogP contribution in [-0.4, -0.2) is 64.4 Å². The Hall–Kier alpha value is -1.79. The average molecular weight is 365 g/mol. The Labute approximate surface area is 157 Å². The zero-order valence-corrected chi connectivity index (χ0v) is 16.8. The summed E-state index contributed by atoms with van der Waals surface area (Å²) in [6.45, 7) is 12.9. The highest BCUT2D eigenvalue weighted by atomic mass is 16.5. The molecular weight excluding hydrogens is 328 g/mol. The standard InChI is InChI=1S/C20H34N4O2/c1-20(2,3)22-10-6-9-21-19(25)16-23-11-13-24(14-12-23)17-7-5-8-18(15-17)26-4/h5,7-8,15,22H,6,9-14,16H2,1-4H3,(H,21,25)/p+2. The number of methoxy groups -OCH3 is 1. The number of nitrogens with zero attached hydrogens (tertiary/aromatic N) is 1. The molecule has 2 rings (SSSR count). The lowest BCUT2D eigenvalue weighted by atomic mass is 10.1. The molecule has 1 amide bonds. The van der Waals surface area contributed by atoms with Crippen LogP contribution in [-0.2, 0) is 4.79 Å². The van der Waals surface area contributed by atoms with E-state index in [0.717, 1.165) is 51.4 Å². The number of quaternary nitrogens is 2. The van der Waals surface area contributed by atoms with E-state index in [1.807, 2.05) is 12.1 Å².